The molecule has 0 saturated heterocycles. The zero-order chi connectivity index (χ0) is 17.0. The summed E-state index contributed by atoms with van der Waals surface area (Å²) in [6.07, 6.45) is 7.91. The predicted molar refractivity (Wildman–Crippen MR) is 94.2 cm³/mol. The van der Waals surface area contributed by atoms with Crippen LogP contribution in [0, 0.1) is 29.1 Å². The summed E-state index contributed by atoms with van der Waals surface area (Å²) in [7, 11) is 0. The van der Waals surface area contributed by atoms with Gasteiger partial charge in [-0.25, -0.2) is 0 Å². The van der Waals surface area contributed by atoms with Crippen molar-refractivity contribution in [2.45, 2.75) is 50.9 Å². The first-order chi connectivity index (χ1) is 12.1. The molecule has 0 radical (unpaired) electrons. The van der Waals surface area contributed by atoms with E-state index in [1.54, 1.807) is 0 Å². The number of carbonyl (C=O) groups is 2. The third kappa shape index (κ3) is 2.66. The lowest BCUT2D eigenvalue weighted by Gasteiger charge is -2.55. The minimum atomic E-state index is -0.204. The zero-order valence-electron chi connectivity index (χ0n) is 14.5. The lowest BCUT2D eigenvalue weighted by Crippen LogP contribution is -2.56. The molecule has 5 fully saturated rings. The van der Waals surface area contributed by atoms with Gasteiger partial charge in [0.2, 0.25) is 11.8 Å². The lowest BCUT2D eigenvalue weighted by molar-refractivity contribution is -0.149. The van der Waals surface area contributed by atoms with Crippen molar-refractivity contribution in [2.75, 3.05) is 0 Å². The van der Waals surface area contributed by atoms with Crippen molar-refractivity contribution in [1.29, 1.82) is 0 Å². The second kappa shape index (κ2) is 5.58. The van der Waals surface area contributed by atoms with Crippen molar-refractivity contribution in [2.24, 2.45) is 29.1 Å². The molecule has 5 aliphatic carbocycles. The number of rotatable bonds is 3. The van der Waals surface area contributed by atoms with E-state index in [0.717, 1.165) is 43.4 Å². The first-order valence-electron chi connectivity index (χ1n) is 9.78. The van der Waals surface area contributed by atoms with E-state index in [0.29, 0.717) is 5.92 Å². The Bertz CT molecular complexity index is 664. The highest BCUT2D eigenvalue weighted by molar-refractivity contribution is 5.88. The maximum Gasteiger partial charge on any atom is 0.244 e. The first kappa shape index (κ1) is 15.4. The average Bonchev–Trinajstić information content (AvgIpc) is 3.40. The second-order valence-corrected chi connectivity index (χ2v) is 9.00. The second-order valence-electron chi connectivity index (χ2n) is 9.00. The Morgan fingerprint density at radius 3 is 2.04 bits per heavy atom. The van der Waals surface area contributed by atoms with Gasteiger partial charge in [0.05, 0.1) is 5.41 Å². The SMILES string of the molecule is O=C(NNC(=O)C12CC3CC(CC(C3)C1)C2)[C@H]1C[C@H]1c1ccccc1. The van der Waals surface area contributed by atoms with Crippen LogP contribution in [0.3, 0.4) is 0 Å². The molecular weight excluding hydrogens is 312 g/mol. The highest BCUT2D eigenvalue weighted by Gasteiger charge is 2.55. The Balaban J connectivity index is 1.18. The number of carbonyl (C=O) groups excluding carboxylic acids is 2. The Morgan fingerprint density at radius 2 is 1.44 bits per heavy atom. The summed E-state index contributed by atoms with van der Waals surface area (Å²) in [5.74, 6) is 2.54. The summed E-state index contributed by atoms with van der Waals surface area (Å²) in [6, 6.07) is 10.2. The van der Waals surface area contributed by atoms with Crippen LogP contribution in [-0.2, 0) is 9.59 Å². The molecule has 1 aromatic carbocycles. The van der Waals surface area contributed by atoms with Gasteiger partial charge in [-0.3, -0.25) is 20.4 Å². The summed E-state index contributed by atoms with van der Waals surface area (Å²) < 4.78 is 0. The molecule has 2 amide bonds. The standard InChI is InChI=1S/C21H26N2O2/c24-19(18-9-17(18)16-4-2-1-3-5-16)22-23-20(25)21-10-13-6-14(11-21)8-15(7-13)12-21/h1-5,13-15,17-18H,6-12H2,(H,22,24)(H,23,25)/t13?,14?,15?,17-,18-,21?/m0/s1. The van der Waals surface area contributed by atoms with Gasteiger partial charge in [-0.05, 0) is 74.2 Å². The van der Waals surface area contributed by atoms with Crippen molar-refractivity contribution in [3.63, 3.8) is 0 Å². The van der Waals surface area contributed by atoms with Gasteiger partial charge in [-0.2, -0.15) is 0 Å². The van der Waals surface area contributed by atoms with E-state index in [-0.39, 0.29) is 23.1 Å². The average molecular weight is 338 g/mol. The third-order valence-electron chi connectivity index (χ3n) is 7.17. The molecular formula is C21H26N2O2. The molecule has 4 nitrogen and oxygen atoms in total. The van der Waals surface area contributed by atoms with Crippen LogP contribution in [-0.4, -0.2) is 11.8 Å². The number of benzene rings is 1. The third-order valence-corrected chi connectivity index (χ3v) is 7.17. The smallest absolute Gasteiger partial charge is 0.244 e. The lowest BCUT2D eigenvalue weighted by atomic mass is 9.49. The molecule has 2 N–H and O–H groups in total. The molecule has 0 heterocycles. The van der Waals surface area contributed by atoms with E-state index in [1.165, 1.54) is 24.8 Å². The molecule has 4 heteroatoms. The molecule has 1 aromatic rings. The monoisotopic (exact) mass is 338 g/mol. The fourth-order valence-electron chi connectivity index (χ4n) is 6.29. The van der Waals surface area contributed by atoms with E-state index >= 15 is 0 Å². The molecule has 5 aliphatic rings. The van der Waals surface area contributed by atoms with E-state index < -0.39 is 0 Å². The van der Waals surface area contributed by atoms with Crippen LogP contribution >= 0.6 is 0 Å². The Kier molecular flexibility index (Phi) is 3.44. The predicted octanol–water partition coefficient (Wildman–Crippen LogP) is 3.15. The number of hydrogen-bond acceptors (Lipinski definition) is 2. The molecule has 0 unspecified atom stereocenters. The highest BCUT2D eigenvalue weighted by atomic mass is 16.2. The van der Waals surface area contributed by atoms with Crippen molar-refractivity contribution in [3.8, 4) is 0 Å². The van der Waals surface area contributed by atoms with Gasteiger partial charge < -0.3 is 0 Å². The van der Waals surface area contributed by atoms with Crippen LogP contribution < -0.4 is 10.9 Å². The summed E-state index contributed by atoms with van der Waals surface area (Å²) in [4.78, 5) is 25.3. The van der Waals surface area contributed by atoms with E-state index in [9.17, 15) is 9.59 Å². The van der Waals surface area contributed by atoms with E-state index in [1.807, 2.05) is 18.2 Å². The molecule has 2 atom stereocenters. The van der Waals surface area contributed by atoms with E-state index in [4.69, 9.17) is 0 Å². The van der Waals surface area contributed by atoms with Crippen molar-refractivity contribution in [1.82, 2.24) is 10.9 Å². The first-order valence-corrected chi connectivity index (χ1v) is 9.78. The van der Waals surface area contributed by atoms with Gasteiger partial charge in [0.25, 0.3) is 0 Å². The van der Waals surface area contributed by atoms with Crippen molar-refractivity contribution in [3.05, 3.63) is 35.9 Å². The molecule has 5 saturated carbocycles. The quantitative estimate of drug-likeness (QED) is 0.832. The minimum absolute atomic E-state index is 0.000868. The number of hydrazine groups is 1. The topological polar surface area (TPSA) is 58.2 Å². The summed E-state index contributed by atoms with van der Waals surface area (Å²) in [6.45, 7) is 0. The summed E-state index contributed by atoms with van der Waals surface area (Å²) in [5, 5.41) is 0. The Hall–Kier alpha value is -1.84. The van der Waals surface area contributed by atoms with Gasteiger partial charge >= 0.3 is 0 Å². The molecule has 4 bridgehead atoms. The molecule has 0 aliphatic heterocycles. The molecule has 132 valence electrons. The van der Waals surface area contributed by atoms with Gasteiger partial charge in [-0.15, -0.1) is 0 Å². The van der Waals surface area contributed by atoms with Gasteiger partial charge in [0, 0.05) is 5.92 Å². The van der Waals surface area contributed by atoms with Gasteiger partial charge in [0.15, 0.2) is 0 Å². The van der Waals surface area contributed by atoms with Crippen molar-refractivity contribution < 1.29 is 9.59 Å². The Labute approximate surface area is 148 Å². The van der Waals surface area contributed by atoms with Crippen LogP contribution in [0.1, 0.15) is 56.4 Å². The number of hydrogen-bond donors (Lipinski definition) is 2. The molecule has 25 heavy (non-hydrogen) atoms. The zero-order valence-corrected chi connectivity index (χ0v) is 14.5. The minimum Gasteiger partial charge on any atom is -0.273 e. The van der Waals surface area contributed by atoms with E-state index in [2.05, 4.69) is 23.0 Å². The molecule has 0 spiro atoms. The van der Waals surface area contributed by atoms with Gasteiger partial charge in [0.1, 0.15) is 0 Å². The highest BCUT2D eigenvalue weighted by Crippen LogP contribution is 2.60. The normalized spacial score (nSPS) is 40.6. The number of nitrogens with one attached hydrogen (secondary N) is 2. The van der Waals surface area contributed by atoms with Crippen LogP contribution in [0.15, 0.2) is 30.3 Å². The Morgan fingerprint density at radius 1 is 0.840 bits per heavy atom. The van der Waals surface area contributed by atoms with Crippen molar-refractivity contribution >= 4 is 11.8 Å². The molecule has 6 rings (SSSR count). The summed E-state index contributed by atoms with van der Waals surface area (Å²) >= 11 is 0. The van der Waals surface area contributed by atoms with Crippen LogP contribution in [0.25, 0.3) is 0 Å². The number of amides is 2. The summed E-state index contributed by atoms with van der Waals surface area (Å²) in [5.41, 5.74) is 6.54. The fraction of sp³-hybridized carbons (Fsp3) is 0.619. The largest absolute Gasteiger partial charge is 0.273 e. The van der Waals surface area contributed by atoms with Crippen LogP contribution in [0.5, 0.6) is 0 Å². The fourth-order valence-corrected chi connectivity index (χ4v) is 6.29. The maximum absolute atomic E-state index is 12.9. The maximum atomic E-state index is 12.9. The van der Waals surface area contributed by atoms with Gasteiger partial charge in [-0.1, -0.05) is 30.3 Å². The molecule has 0 aromatic heterocycles. The van der Waals surface area contributed by atoms with Crippen LogP contribution in [0.4, 0.5) is 0 Å². The van der Waals surface area contributed by atoms with Crippen LogP contribution in [0.2, 0.25) is 0 Å².